The van der Waals surface area contributed by atoms with Gasteiger partial charge in [-0.25, -0.2) is 9.79 Å². The number of aromatic hydroxyl groups is 1. The summed E-state index contributed by atoms with van der Waals surface area (Å²) in [6, 6.07) is 10.1. The number of aliphatic hydroxyl groups is 1. The molecule has 0 saturated carbocycles. The fourth-order valence-electron chi connectivity index (χ4n) is 2.96. The molecule has 7 nitrogen and oxygen atoms in total. The molecule has 2 N–H and O–H groups in total. The second kappa shape index (κ2) is 10.7. The van der Waals surface area contributed by atoms with Gasteiger partial charge in [0, 0.05) is 15.6 Å². The van der Waals surface area contributed by atoms with E-state index in [9.17, 15) is 19.8 Å². The summed E-state index contributed by atoms with van der Waals surface area (Å²) in [6.45, 7) is 5.77. The van der Waals surface area contributed by atoms with Crippen molar-refractivity contribution in [1.82, 2.24) is 0 Å². The van der Waals surface area contributed by atoms with Gasteiger partial charge >= 0.3 is 5.97 Å². The van der Waals surface area contributed by atoms with E-state index in [-0.39, 0.29) is 39.4 Å². The first-order chi connectivity index (χ1) is 15.7. The predicted molar refractivity (Wildman–Crippen MR) is 132 cm³/mol. The Kier molecular flexibility index (Phi) is 7.99. The van der Waals surface area contributed by atoms with Gasteiger partial charge in [-0.05, 0) is 51.1 Å². The first-order valence-corrected chi connectivity index (χ1v) is 11.7. The number of carbonyl (C=O) groups is 2. The van der Waals surface area contributed by atoms with Gasteiger partial charge in [-0.3, -0.25) is 4.79 Å². The number of hydrogen-bond donors (Lipinski definition) is 2. The van der Waals surface area contributed by atoms with Gasteiger partial charge in [0.1, 0.15) is 16.4 Å². The van der Waals surface area contributed by atoms with E-state index in [0.717, 1.165) is 17.3 Å². The summed E-state index contributed by atoms with van der Waals surface area (Å²) >= 11 is 4.30. The minimum Gasteiger partial charge on any atom is -0.506 e. The second-order valence-corrected chi connectivity index (χ2v) is 8.86. The largest absolute Gasteiger partial charge is 0.506 e. The van der Waals surface area contributed by atoms with Gasteiger partial charge < -0.3 is 19.7 Å². The number of aliphatic hydroxyl groups excluding tert-OH is 1. The second-order valence-electron chi connectivity index (χ2n) is 6.92. The Balaban J connectivity index is 2.06. The zero-order valence-electron chi connectivity index (χ0n) is 18.2. The number of halogens is 1. The lowest BCUT2D eigenvalue weighted by Gasteiger charge is -2.09. The highest BCUT2D eigenvalue weighted by Gasteiger charge is 2.34. The van der Waals surface area contributed by atoms with Crippen LogP contribution in [0.2, 0.25) is 0 Å². The van der Waals surface area contributed by atoms with Gasteiger partial charge in [0.25, 0.3) is 5.91 Å². The summed E-state index contributed by atoms with van der Waals surface area (Å²) in [4.78, 5) is 29.5. The van der Waals surface area contributed by atoms with Crippen LogP contribution in [-0.2, 0) is 9.53 Å². The van der Waals surface area contributed by atoms with E-state index in [2.05, 4.69) is 20.9 Å². The molecule has 9 heteroatoms. The molecular formula is C24H22BrNO6S. The Hall–Kier alpha value is -3.04. The molecule has 0 aromatic heterocycles. The van der Waals surface area contributed by atoms with Crippen LogP contribution < -0.4 is 4.74 Å². The summed E-state index contributed by atoms with van der Waals surface area (Å²) in [5.41, 5.74) is 1.48. The molecule has 1 aliphatic rings. The summed E-state index contributed by atoms with van der Waals surface area (Å²) in [7, 11) is 0. The molecule has 0 atom stereocenters. The van der Waals surface area contributed by atoms with Crippen LogP contribution in [0.5, 0.6) is 11.5 Å². The summed E-state index contributed by atoms with van der Waals surface area (Å²) in [6.07, 6.45) is 1.49. The van der Waals surface area contributed by atoms with Gasteiger partial charge in [-0.2, -0.15) is 0 Å². The zero-order valence-corrected chi connectivity index (χ0v) is 20.6. The molecule has 0 aliphatic carbocycles. The third kappa shape index (κ3) is 5.66. The van der Waals surface area contributed by atoms with Crippen molar-refractivity contribution in [3.05, 3.63) is 73.8 Å². The standard InChI is InChI=1S/C24H22BrNO6S/c1-4-31-17-12-16(25)10-15(20(17)27)11-18-21(28)19(24(30)32-5-2)23(33-18)26-22(29)14-8-6-13(3)7-9-14/h6-12,27-28H,4-5H2,1-3H3/b18-11-,26-23?. The first kappa shape index (κ1) is 24.6. The maximum atomic E-state index is 12.7. The van der Waals surface area contributed by atoms with Gasteiger partial charge in [-0.1, -0.05) is 45.4 Å². The van der Waals surface area contributed by atoms with E-state index in [1.807, 2.05) is 6.92 Å². The highest BCUT2D eigenvalue weighted by Crippen LogP contribution is 2.42. The van der Waals surface area contributed by atoms with Crippen molar-refractivity contribution in [3.8, 4) is 11.5 Å². The van der Waals surface area contributed by atoms with Crippen molar-refractivity contribution < 1.29 is 29.3 Å². The molecule has 0 saturated heterocycles. The lowest BCUT2D eigenvalue weighted by atomic mass is 10.1. The van der Waals surface area contributed by atoms with Crippen molar-refractivity contribution in [1.29, 1.82) is 0 Å². The lowest BCUT2D eigenvalue weighted by Crippen LogP contribution is -2.14. The number of aryl methyl sites for hydroxylation is 1. The van der Waals surface area contributed by atoms with Crippen LogP contribution in [0.3, 0.4) is 0 Å². The molecule has 33 heavy (non-hydrogen) atoms. The van der Waals surface area contributed by atoms with E-state index in [1.165, 1.54) is 6.08 Å². The number of aliphatic imine (C=N–C) groups is 1. The number of nitrogens with zero attached hydrogens (tertiary/aromatic N) is 1. The number of ether oxygens (including phenoxy) is 2. The van der Waals surface area contributed by atoms with Crippen LogP contribution >= 0.6 is 27.7 Å². The van der Waals surface area contributed by atoms with Crippen molar-refractivity contribution in [3.63, 3.8) is 0 Å². The third-order valence-corrected chi connectivity index (χ3v) is 6.01. The Morgan fingerprint density at radius 2 is 1.82 bits per heavy atom. The average molecular weight is 532 g/mol. The lowest BCUT2D eigenvalue weighted by molar-refractivity contribution is -0.138. The SMILES string of the molecule is CCOC(=O)C1=C(O)/C(=C/c2cc(Br)cc(OCC)c2O)SC1=NC(=O)c1ccc(C)cc1. The topological polar surface area (TPSA) is 105 Å². The Bertz CT molecular complexity index is 1180. The highest BCUT2D eigenvalue weighted by atomic mass is 79.9. The van der Waals surface area contributed by atoms with Crippen LogP contribution in [0.4, 0.5) is 0 Å². The summed E-state index contributed by atoms with van der Waals surface area (Å²) < 4.78 is 11.1. The molecule has 1 aliphatic heterocycles. The van der Waals surface area contributed by atoms with E-state index < -0.39 is 11.9 Å². The van der Waals surface area contributed by atoms with Crippen molar-refractivity contribution >= 4 is 50.7 Å². The maximum absolute atomic E-state index is 12.7. The maximum Gasteiger partial charge on any atom is 0.344 e. The number of amides is 1. The number of benzene rings is 2. The molecule has 0 spiro atoms. The fourth-order valence-corrected chi connectivity index (χ4v) is 4.41. The monoisotopic (exact) mass is 531 g/mol. The molecule has 0 radical (unpaired) electrons. The molecule has 172 valence electrons. The predicted octanol–water partition coefficient (Wildman–Crippen LogP) is 5.56. The van der Waals surface area contributed by atoms with E-state index in [1.54, 1.807) is 50.2 Å². The third-order valence-electron chi connectivity index (χ3n) is 4.53. The zero-order chi connectivity index (χ0) is 24.1. The molecule has 3 rings (SSSR count). The Morgan fingerprint density at radius 1 is 1.12 bits per heavy atom. The minimum atomic E-state index is -0.796. The van der Waals surface area contributed by atoms with E-state index in [0.29, 0.717) is 22.2 Å². The Labute approximate surface area is 204 Å². The number of thioether (sulfide) groups is 1. The summed E-state index contributed by atoms with van der Waals surface area (Å²) in [5, 5.41) is 21.4. The first-order valence-electron chi connectivity index (χ1n) is 10.1. The van der Waals surface area contributed by atoms with E-state index in [4.69, 9.17) is 9.47 Å². The molecule has 0 bridgehead atoms. The van der Waals surface area contributed by atoms with Crippen LogP contribution in [-0.4, -0.2) is 40.3 Å². The summed E-state index contributed by atoms with van der Waals surface area (Å²) in [5.74, 6) is -1.60. The molecule has 0 fully saturated rings. The molecule has 2 aromatic carbocycles. The van der Waals surface area contributed by atoms with Crippen LogP contribution in [0.25, 0.3) is 6.08 Å². The Morgan fingerprint density at radius 3 is 2.45 bits per heavy atom. The van der Waals surface area contributed by atoms with Gasteiger partial charge in [0.2, 0.25) is 0 Å². The van der Waals surface area contributed by atoms with Gasteiger partial charge in [0.05, 0.1) is 18.1 Å². The quantitative estimate of drug-likeness (QED) is 0.469. The normalized spacial score (nSPS) is 15.9. The smallest absolute Gasteiger partial charge is 0.344 e. The van der Waals surface area contributed by atoms with Crippen molar-refractivity contribution in [2.24, 2.45) is 4.99 Å². The van der Waals surface area contributed by atoms with E-state index >= 15 is 0 Å². The van der Waals surface area contributed by atoms with Crippen LogP contribution in [0.15, 0.2) is 62.1 Å². The number of rotatable bonds is 6. The molecular weight excluding hydrogens is 510 g/mol. The average Bonchev–Trinajstić information content (AvgIpc) is 3.06. The van der Waals surface area contributed by atoms with Crippen molar-refractivity contribution in [2.45, 2.75) is 20.8 Å². The minimum absolute atomic E-state index is 0.0160. The number of carbonyl (C=O) groups excluding carboxylic acids is 2. The van der Waals surface area contributed by atoms with Crippen LogP contribution in [0, 0.1) is 6.92 Å². The molecule has 2 aromatic rings. The van der Waals surface area contributed by atoms with Crippen molar-refractivity contribution in [2.75, 3.05) is 13.2 Å². The number of esters is 1. The fraction of sp³-hybridized carbons (Fsp3) is 0.208. The van der Waals surface area contributed by atoms with Gasteiger partial charge in [0.15, 0.2) is 11.5 Å². The number of phenols is 1. The molecule has 1 amide bonds. The highest BCUT2D eigenvalue weighted by molar-refractivity contribution is 9.10. The van der Waals surface area contributed by atoms with Gasteiger partial charge in [-0.15, -0.1) is 0 Å². The molecule has 0 unspecified atom stereocenters. The molecule has 1 heterocycles. The number of phenolic OH excluding ortho intramolecular Hbond substituents is 1. The van der Waals surface area contributed by atoms with Crippen LogP contribution in [0.1, 0.15) is 35.3 Å². The number of hydrogen-bond acceptors (Lipinski definition) is 7.